The highest BCUT2D eigenvalue weighted by atomic mass is 28.4. The normalized spacial score (nSPS) is 12.4. The number of benzene rings is 1. The average Bonchev–Trinajstić information content (AvgIpc) is 2.75. The van der Waals surface area contributed by atoms with Gasteiger partial charge in [-0.25, -0.2) is 14.2 Å². The number of fused-ring (bicyclic) bond motifs is 1. The van der Waals surface area contributed by atoms with E-state index in [2.05, 4.69) is 33.9 Å². The molecule has 124 valence electrons. The van der Waals surface area contributed by atoms with Crippen LogP contribution in [0, 0.1) is 0 Å². The van der Waals surface area contributed by atoms with Gasteiger partial charge < -0.3 is 14.6 Å². The molecule has 0 aliphatic heterocycles. The summed E-state index contributed by atoms with van der Waals surface area (Å²) in [4.78, 5) is 22.7. The molecule has 0 aliphatic rings. The van der Waals surface area contributed by atoms with Gasteiger partial charge in [0.25, 0.3) is 0 Å². The third-order valence-electron chi connectivity index (χ3n) is 4.37. The fourth-order valence-corrected chi connectivity index (χ4v) is 3.08. The van der Waals surface area contributed by atoms with Crippen LogP contribution in [0.3, 0.4) is 0 Å². The second-order valence-electron chi connectivity index (χ2n) is 7.04. The molecule has 0 radical (unpaired) electrons. The van der Waals surface area contributed by atoms with Crippen molar-refractivity contribution in [2.24, 2.45) is 0 Å². The van der Waals surface area contributed by atoms with E-state index in [-0.39, 0.29) is 10.7 Å². The Balaban J connectivity index is 2.56. The van der Waals surface area contributed by atoms with Gasteiger partial charge in [-0.15, -0.1) is 0 Å². The quantitative estimate of drug-likeness (QED) is 0.819. The third kappa shape index (κ3) is 3.10. The number of hydrogen-bond acceptors (Lipinski definition) is 3. The summed E-state index contributed by atoms with van der Waals surface area (Å²) in [5.74, 6) is -0.725. The zero-order chi connectivity index (χ0) is 17.6. The van der Waals surface area contributed by atoms with Crippen molar-refractivity contribution in [3.8, 4) is 5.75 Å². The zero-order valence-corrected chi connectivity index (χ0v) is 14.9. The number of carboxylic acids is 1. The van der Waals surface area contributed by atoms with Crippen molar-refractivity contribution in [3.05, 3.63) is 30.0 Å². The summed E-state index contributed by atoms with van der Waals surface area (Å²) >= 11 is 0. The van der Waals surface area contributed by atoms with E-state index in [0.717, 1.165) is 4.57 Å². The molecular weight excluding hydrogens is 314 g/mol. The molecule has 0 amide bonds. The first kappa shape index (κ1) is 17.1. The van der Waals surface area contributed by atoms with Gasteiger partial charge in [-0.2, -0.15) is 0 Å². The topological polar surface area (TPSA) is 88.8 Å². The Morgan fingerprint density at radius 2 is 1.74 bits per heavy atom. The molecule has 0 bridgehead atoms. The Kier molecular flexibility index (Phi) is 4.02. The second-order valence-corrected chi connectivity index (χ2v) is 11.8. The van der Waals surface area contributed by atoms with Gasteiger partial charge in [-0.1, -0.05) is 20.8 Å². The van der Waals surface area contributed by atoms with E-state index in [0.29, 0.717) is 16.7 Å². The van der Waals surface area contributed by atoms with E-state index in [4.69, 9.17) is 9.53 Å². The van der Waals surface area contributed by atoms with Gasteiger partial charge in [0.2, 0.25) is 8.32 Å². The first-order valence-corrected chi connectivity index (χ1v) is 10.2. The van der Waals surface area contributed by atoms with E-state index in [1.54, 1.807) is 18.2 Å². The minimum Gasteiger partial charge on any atom is -0.543 e. The lowest BCUT2D eigenvalue weighted by molar-refractivity contribution is 0.0684. The van der Waals surface area contributed by atoms with Crippen molar-refractivity contribution in [2.45, 2.75) is 38.9 Å². The number of nitrogens with zero attached hydrogens (tertiary/aromatic N) is 1. The van der Waals surface area contributed by atoms with E-state index >= 15 is 0 Å². The lowest BCUT2D eigenvalue weighted by atomic mass is 10.2. The number of carbonyl (C=O) groups is 2. The van der Waals surface area contributed by atoms with Gasteiger partial charge in [-0.05, 0) is 36.3 Å². The predicted molar refractivity (Wildman–Crippen MR) is 90.1 cm³/mol. The highest BCUT2D eigenvalue weighted by molar-refractivity contribution is 6.74. The molecule has 0 aliphatic carbocycles. The molecule has 1 aromatic heterocycles. The van der Waals surface area contributed by atoms with Crippen molar-refractivity contribution >= 4 is 31.3 Å². The first-order chi connectivity index (χ1) is 10.4. The van der Waals surface area contributed by atoms with Crippen LogP contribution >= 0.6 is 0 Å². The molecule has 1 heterocycles. The Hall–Kier alpha value is -2.28. The molecule has 0 atom stereocenters. The van der Waals surface area contributed by atoms with Crippen molar-refractivity contribution in [2.75, 3.05) is 0 Å². The average molecular weight is 335 g/mol. The van der Waals surface area contributed by atoms with Crippen molar-refractivity contribution < 1.29 is 24.2 Å². The van der Waals surface area contributed by atoms with Crippen LogP contribution in [-0.4, -0.2) is 35.2 Å². The van der Waals surface area contributed by atoms with Gasteiger partial charge in [0.1, 0.15) is 11.4 Å². The molecule has 1 aromatic carbocycles. The standard InChI is InChI=1S/C16H21NO5Si/c1-16(2,3)23(4,5)22-11-7-6-10-8-13(14(18)19)17(15(20)21)12(10)9-11/h6-9H,1-5H3,(H,18,19)(H,20,21). The first-order valence-electron chi connectivity index (χ1n) is 7.25. The lowest BCUT2D eigenvalue weighted by Crippen LogP contribution is -2.43. The van der Waals surface area contributed by atoms with Crippen LogP contribution in [0.1, 0.15) is 31.3 Å². The number of rotatable bonds is 3. The largest absolute Gasteiger partial charge is 0.543 e. The second kappa shape index (κ2) is 5.41. The van der Waals surface area contributed by atoms with Crippen molar-refractivity contribution in [1.29, 1.82) is 0 Å². The molecule has 23 heavy (non-hydrogen) atoms. The summed E-state index contributed by atoms with van der Waals surface area (Å²) in [5, 5.41) is 19.0. The molecule has 0 fully saturated rings. The minimum absolute atomic E-state index is 0.00295. The Bertz CT molecular complexity index is 786. The van der Waals surface area contributed by atoms with E-state index in [9.17, 15) is 14.7 Å². The molecule has 0 spiro atoms. The van der Waals surface area contributed by atoms with E-state index in [1.165, 1.54) is 6.07 Å². The molecule has 6 nitrogen and oxygen atoms in total. The number of aromatic carboxylic acids is 1. The molecule has 2 rings (SSSR count). The van der Waals surface area contributed by atoms with Gasteiger partial charge in [0, 0.05) is 11.5 Å². The van der Waals surface area contributed by atoms with Gasteiger partial charge in [0.15, 0.2) is 0 Å². The highest BCUT2D eigenvalue weighted by Crippen LogP contribution is 2.38. The summed E-state index contributed by atoms with van der Waals surface area (Å²) in [5.41, 5.74) is 0.0306. The minimum atomic E-state index is -2.07. The summed E-state index contributed by atoms with van der Waals surface area (Å²) in [6.45, 7) is 10.5. The maximum Gasteiger partial charge on any atom is 0.416 e. The maximum atomic E-state index is 11.4. The van der Waals surface area contributed by atoms with Crippen LogP contribution in [-0.2, 0) is 0 Å². The van der Waals surface area contributed by atoms with Gasteiger partial charge >= 0.3 is 12.1 Å². The van der Waals surface area contributed by atoms with Crippen molar-refractivity contribution in [1.82, 2.24) is 4.57 Å². The Labute approximate surface area is 135 Å². The molecule has 0 saturated heterocycles. The van der Waals surface area contributed by atoms with Crippen LogP contribution in [0.4, 0.5) is 4.79 Å². The SMILES string of the molecule is CC(C)(C)[Si](C)(C)Oc1ccc2cc(C(=O)O)n(C(=O)O)c2c1. The van der Waals surface area contributed by atoms with E-state index < -0.39 is 20.4 Å². The fraction of sp³-hybridized carbons (Fsp3) is 0.375. The summed E-state index contributed by atoms with van der Waals surface area (Å²) < 4.78 is 6.94. The van der Waals surface area contributed by atoms with Crippen LogP contribution < -0.4 is 4.43 Å². The number of carboxylic acid groups (broad SMARTS) is 2. The van der Waals surface area contributed by atoms with Crippen LogP contribution in [0.5, 0.6) is 5.75 Å². The summed E-state index contributed by atoms with van der Waals surface area (Å²) in [6, 6.07) is 6.38. The monoisotopic (exact) mass is 335 g/mol. The third-order valence-corrected chi connectivity index (χ3v) is 8.72. The Morgan fingerprint density at radius 3 is 2.22 bits per heavy atom. The van der Waals surface area contributed by atoms with Gasteiger partial charge in [-0.3, -0.25) is 0 Å². The number of aromatic nitrogens is 1. The van der Waals surface area contributed by atoms with E-state index in [1.807, 2.05) is 0 Å². The molecule has 0 unspecified atom stereocenters. The van der Waals surface area contributed by atoms with Gasteiger partial charge in [0.05, 0.1) is 5.52 Å². The zero-order valence-electron chi connectivity index (χ0n) is 13.9. The number of hydrogen-bond donors (Lipinski definition) is 2. The maximum absolute atomic E-state index is 11.4. The highest BCUT2D eigenvalue weighted by Gasteiger charge is 2.39. The smallest absolute Gasteiger partial charge is 0.416 e. The Morgan fingerprint density at radius 1 is 1.13 bits per heavy atom. The molecule has 0 saturated carbocycles. The molecular formula is C16H21NO5Si. The summed E-state index contributed by atoms with van der Waals surface area (Å²) in [6.07, 6.45) is -1.33. The van der Waals surface area contributed by atoms with Crippen LogP contribution in [0.15, 0.2) is 24.3 Å². The lowest BCUT2D eigenvalue weighted by Gasteiger charge is -2.36. The summed E-state index contributed by atoms with van der Waals surface area (Å²) in [7, 11) is -2.07. The molecule has 2 N–H and O–H groups in total. The molecule has 2 aromatic rings. The van der Waals surface area contributed by atoms with Crippen LogP contribution in [0.25, 0.3) is 10.9 Å². The van der Waals surface area contributed by atoms with Crippen molar-refractivity contribution in [3.63, 3.8) is 0 Å². The predicted octanol–water partition coefficient (Wildman–Crippen LogP) is 4.25. The fourth-order valence-electron chi connectivity index (χ4n) is 2.06. The molecule has 7 heteroatoms. The van der Waals surface area contributed by atoms with Crippen LogP contribution in [0.2, 0.25) is 18.1 Å².